The van der Waals surface area contributed by atoms with Gasteiger partial charge < -0.3 is 9.47 Å². The van der Waals surface area contributed by atoms with E-state index in [9.17, 15) is 4.79 Å². The lowest BCUT2D eigenvalue weighted by Crippen LogP contribution is -2.33. The predicted molar refractivity (Wildman–Crippen MR) is 67.8 cm³/mol. The minimum Gasteiger partial charge on any atom is -0.461 e. The molecule has 4 heteroatoms. The number of hydrogen-bond acceptors (Lipinski definition) is 4. The van der Waals surface area contributed by atoms with Crippen molar-refractivity contribution >= 4 is 5.97 Å². The zero-order valence-corrected chi connectivity index (χ0v) is 10.4. The van der Waals surface area contributed by atoms with Crippen LogP contribution in [-0.2, 0) is 20.9 Å². The third-order valence-electron chi connectivity index (χ3n) is 2.86. The van der Waals surface area contributed by atoms with Gasteiger partial charge >= 0.3 is 5.97 Å². The monoisotopic (exact) mass is 249 g/mol. The molecule has 1 aliphatic rings. The Labute approximate surface area is 107 Å². The molecule has 18 heavy (non-hydrogen) atoms. The van der Waals surface area contributed by atoms with Gasteiger partial charge in [0.1, 0.15) is 12.8 Å². The van der Waals surface area contributed by atoms with E-state index in [1.54, 1.807) is 0 Å². The van der Waals surface area contributed by atoms with Crippen molar-refractivity contribution in [2.24, 2.45) is 0 Å². The van der Waals surface area contributed by atoms with Gasteiger partial charge in [0, 0.05) is 6.61 Å². The van der Waals surface area contributed by atoms with E-state index in [2.05, 4.69) is 5.32 Å². The third kappa shape index (κ3) is 4.47. The van der Waals surface area contributed by atoms with E-state index in [1.165, 1.54) is 0 Å². The van der Waals surface area contributed by atoms with Crippen LogP contribution in [0.5, 0.6) is 0 Å². The summed E-state index contributed by atoms with van der Waals surface area (Å²) in [6, 6.07) is 9.67. The number of hydrogen-bond donors (Lipinski definition) is 1. The second-order valence-corrected chi connectivity index (χ2v) is 4.37. The van der Waals surface area contributed by atoms with Crippen molar-refractivity contribution in [3.05, 3.63) is 35.9 Å². The van der Waals surface area contributed by atoms with E-state index < -0.39 is 0 Å². The second-order valence-electron chi connectivity index (χ2n) is 4.37. The number of rotatable bonds is 4. The van der Waals surface area contributed by atoms with Crippen LogP contribution in [0.1, 0.15) is 24.8 Å². The van der Waals surface area contributed by atoms with Gasteiger partial charge in [-0.25, -0.2) is 0 Å². The molecule has 1 fully saturated rings. The Morgan fingerprint density at radius 3 is 3.00 bits per heavy atom. The Bertz CT molecular complexity index is 359. The molecule has 1 aromatic carbocycles. The van der Waals surface area contributed by atoms with Gasteiger partial charge in [0.25, 0.3) is 0 Å². The molecular weight excluding hydrogens is 230 g/mol. The number of benzene rings is 1. The molecule has 1 heterocycles. The van der Waals surface area contributed by atoms with Crippen LogP contribution < -0.4 is 5.32 Å². The Balaban J connectivity index is 1.71. The van der Waals surface area contributed by atoms with Crippen molar-refractivity contribution in [2.75, 3.05) is 13.2 Å². The fourth-order valence-corrected chi connectivity index (χ4v) is 1.85. The number of esters is 1. The lowest BCUT2D eigenvalue weighted by molar-refractivity contribution is -0.148. The predicted octanol–water partition coefficient (Wildman–Crippen LogP) is 1.85. The Kier molecular flexibility index (Phi) is 5.17. The summed E-state index contributed by atoms with van der Waals surface area (Å²) in [5.41, 5.74) is 1.00. The second kappa shape index (κ2) is 7.13. The lowest BCUT2D eigenvalue weighted by atomic mass is 10.2. The van der Waals surface area contributed by atoms with Crippen LogP contribution in [0, 0.1) is 0 Å². The first-order chi connectivity index (χ1) is 8.84. The molecule has 0 aliphatic carbocycles. The molecule has 1 aromatic rings. The van der Waals surface area contributed by atoms with Gasteiger partial charge in [-0.1, -0.05) is 30.3 Å². The summed E-state index contributed by atoms with van der Waals surface area (Å²) in [5, 5.41) is 3.19. The summed E-state index contributed by atoms with van der Waals surface area (Å²) in [6.45, 7) is 1.94. The molecule has 1 atom stereocenters. The number of nitrogens with one attached hydrogen (secondary N) is 1. The van der Waals surface area contributed by atoms with E-state index >= 15 is 0 Å². The third-order valence-corrected chi connectivity index (χ3v) is 2.86. The highest BCUT2D eigenvalue weighted by atomic mass is 16.5. The van der Waals surface area contributed by atoms with Gasteiger partial charge in [0.05, 0.1) is 6.42 Å². The van der Waals surface area contributed by atoms with E-state index in [0.717, 1.165) is 24.9 Å². The first-order valence-corrected chi connectivity index (χ1v) is 6.39. The average Bonchev–Trinajstić information content (AvgIpc) is 2.66. The summed E-state index contributed by atoms with van der Waals surface area (Å²) < 4.78 is 10.7. The normalized spacial score (nSPS) is 20.1. The van der Waals surface area contributed by atoms with Gasteiger partial charge in [0.2, 0.25) is 0 Å². The van der Waals surface area contributed by atoms with Crippen LogP contribution in [0.4, 0.5) is 0 Å². The SMILES string of the molecule is O=C(CC1NCCCCO1)OCc1ccccc1. The Morgan fingerprint density at radius 2 is 2.17 bits per heavy atom. The fourth-order valence-electron chi connectivity index (χ4n) is 1.85. The highest BCUT2D eigenvalue weighted by Crippen LogP contribution is 2.06. The van der Waals surface area contributed by atoms with Crippen molar-refractivity contribution < 1.29 is 14.3 Å². The van der Waals surface area contributed by atoms with Crippen molar-refractivity contribution in [1.29, 1.82) is 0 Å². The molecule has 2 rings (SSSR count). The van der Waals surface area contributed by atoms with Crippen molar-refractivity contribution in [3.63, 3.8) is 0 Å². The van der Waals surface area contributed by atoms with Crippen molar-refractivity contribution in [3.8, 4) is 0 Å². The first kappa shape index (κ1) is 13.1. The quantitative estimate of drug-likeness (QED) is 0.827. The smallest absolute Gasteiger partial charge is 0.310 e. The standard InChI is InChI=1S/C14H19NO3/c16-14(10-13-15-8-4-5-9-17-13)18-11-12-6-2-1-3-7-12/h1-3,6-7,13,15H,4-5,8-11H2. The van der Waals surface area contributed by atoms with Gasteiger partial charge in [-0.05, 0) is 24.9 Å². The summed E-state index contributed by atoms with van der Waals surface area (Å²) in [5.74, 6) is -0.224. The van der Waals surface area contributed by atoms with Gasteiger partial charge in [-0.3, -0.25) is 10.1 Å². The maximum atomic E-state index is 11.7. The molecule has 0 spiro atoms. The van der Waals surface area contributed by atoms with Crippen molar-refractivity contribution in [1.82, 2.24) is 5.32 Å². The highest BCUT2D eigenvalue weighted by Gasteiger charge is 2.16. The number of ether oxygens (including phenoxy) is 2. The van der Waals surface area contributed by atoms with Crippen LogP contribution >= 0.6 is 0 Å². The van der Waals surface area contributed by atoms with Crippen LogP contribution in [0.3, 0.4) is 0 Å². The van der Waals surface area contributed by atoms with Crippen molar-refractivity contribution in [2.45, 2.75) is 32.1 Å². The van der Waals surface area contributed by atoms with E-state index in [1.807, 2.05) is 30.3 Å². The lowest BCUT2D eigenvalue weighted by Gasteiger charge is -2.15. The molecule has 0 saturated carbocycles. The molecule has 0 aromatic heterocycles. The highest BCUT2D eigenvalue weighted by molar-refractivity contribution is 5.69. The van der Waals surface area contributed by atoms with Gasteiger partial charge in [-0.2, -0.15) is 0 Å². The fraction of sp³-hybridized carbons (Fsp3) is 0.500. The Hall–Kier alpha value is -1.39. The van der Waals surface area contributed by atoms with Crippen LogP contribution in [0.15, 0.2) is 30.3 Å². The maximum Gasteiger partial charge on any atom is 0.310 e. The minimum absolute atomic E-state index is 0.198. The summed E-state index contributed by atoms with van der Waals surface area (Å²) in [4.78, 5) is 11.7. The minimum atomic E-state index is -0.224. The van der Waals surface area contributed by atoms with E-state index in [-0.39, 0.29) is 18.6 Å². The molecule has 4 nitrogen and oxygen atoms in total. The zero-order chi connectivity index (χ0) is 12.6. The van der Waals surface area contributed by atoms with Crippen LogP contribution in [-0.4, -0.2) is 25.3 Å². The van der Waals surface area contributed by atoms with E-state index in [4.69, 9.17) is 9.47 Å². The molecule has 0 radical (unpaired) electrons. The molecule has 1 aliphatic heterocycles. The first-order valence-electron chi connectivity index (χ1n) is 6.39. The van der Waals surface area contributed by atoms with E-state index in [0.29, 0.717) is 13.2 Å². The summed E-state index contributed by atoms with van der Waals surface area (Å²) in [6.07, 6.45) is 2.21. The number of carbonyl (C=O) groups is 1. The molecule has 1 N–H and O–H groups in total. The molecule has 0 bridgehead atoms. The average molecular weight is 249 g/mol. The zero-order valence-electron chi connectivity index (χ0n) is 10.4. The molecule has 1 unspecified atom stereocenters. The van der Waals surface area contributed by atoms with Crippen LogP contribution in [0.25, 0.3) is 0 Å². The Morgan fingerprint density at radius 1 is 1.33 bits per heavy atom. The topological polar surface area (TPSA) is 47.6 Å². The maximum absolute atomic E-state index is 11.7. The molecular formula is C14H19NO3. The number of carbonyl (C=O) groups excluding carboxylic acids is 1. The molecule has 1 saturated heterocycles. The molecule has 0 amide bonds. The largest absolute Gasteiger partial charge is 0.461 e. The molecule has 98 valence electrons. The van der Waals surface area contributed by atoms with Crippen LogP contribution in [0.2, 0.25) is 0 Å². The van der Waals surface area contributed by atoms with Gasteiger partial charge in [-0.15, -0.1) is 0 Å². The summed E-state index contributed by atoms with van der Waals surface area (Å²) in [7, 11) is 0. The van der Waals surface area contributed by atoms with Gasteiger partial charge in [0.15, 0.2) is 0 Å². The summed E-state index contributed by atoms with van der Waals surface area (Å²) >= 11 is 0.